The van der Waals surface area contributed by atoms with Crippen molar-refractivity contribution in [2.24, 2.45) is 0 Å². The summed E-state index contributed by atoms with van der Waals surface area (Å²) < 4.78 is 9.71. The molecule has 5 nitrogen and oxygen atoms in total. The van der Waals surface area contributed by atoms with Crippen LogP contribution in [-0.2, 0) is 14.3 Å². The highest BCUT2D eigenvalue weighted by Gasteiger charge is 2.03. The molecule has 1 heterocycles. The zero-order valence-corrected chi connectivity index (χ0v) is 9.64. The first-order valence-electron chi connectivity index (χ1n) is 5.37. The fourth-order valence-electron chi connectivity index (χ4n) is 1.04. The monoisotopic (exact) mass is 237 g/mol. The number of nitrogens with one attached hydrogen (secondary N) is 1. The molecular formula is C12H15NO4. The quantitative estimate of drug-likeness (QED) is 0.599. The van der Waals surface area contributed by atoms with Gasteiger partial charge in [-0.25, -0.2) is 4.79 Å². The van der Waals surface area contributed by atoms with Crippen molar-refractivity contribution in [1.29, 1.82) is 0 Å². The number of hydrogen-bond acceptors (Lipinski definition) is 4. The van der Waals surface area contributed by atoms with E-state index in [1.54, 1.807) is 12.1 Å². The Morgan fingerprint density at radius 1 is 1.53 bits per heavy atom. The summed E-state index contributed by atoms with van der Waals surface area (Å²) >= 11 is 0. The maximum atomic E-state index is 11.2. The fraction of sp³-hybridized carbons (Fsp3) is 0.333. The Morgan fingerprint density at radius 3 is 3.00 bits per heavy atom. The van der Waals surface area contributed by atoms with Gasteiger partial charge in [0.05, 0.1) is 6.26 Å². The van der Waals surface area contributed by atoms with E-state index in [1.165, 1.54) is 18.4 Å². The number of carbonyl (C=O) groups excluding carboxylic acids is 2. The van der Waals surface area contributed by atoms with E-state index in [2.05, 4.69) is 5.32 Å². The summed E-state index contributed by atoms with van der Waals surface area (Å²) in [5, 5.41) is 2.60. The van der Waals surface area contributed by atoms with Gasteiger partial charge in [0.1, 0.15) is 5.76 Å². The molecule has 0 aliphatic rings. The van der Waals surface area contributed by atoms with E-state index in [-0.39, 0.29) is 12.5 Å². The smallest absolute Gasteiger partial charge is 0.331 e. The normalized spacial score (nSPS) is 10.4. The van der Waals surface area contributed by atoms with E-state index in [0.717, 1.165) is 6.42 Å². The van der Waals surface area contributed by atoms with Gasteiger partial charge in [-0.2, -0.15) is 0 Å². The van der Waals surface area contributed by atoms with E-state index in [9.17, 15) is 9.59 Å². The van der Waals surface area contributed by atoms with Crippen LogP contribution in [0.5, 0.6) is 0 Å². The molecule has 1 N–H and O–H groups in total. The molecule has 5 heteroatoms. The molecular weight excluding hydrogens is 222 g/mol. The number of amides is 1. The molecule has 0 unspecified atom stereocenters. The number of carbonyl (C=O) groups is 2. The third kappa shape index (κ3) is 5.55. The lowest BCUT2D eigenvalue weighted by Crippen LogP contribution is -2.28. The summed E-state index contributed by atoms with van der Waals surface area (Å²) in [4.78, 5) is 22.3. The van der Waals surface area contributed by atoms with E-state index in [4.69, 9.17) is 9.15 Å². The minimum atomic E-state index is -0.576. The number of furan rings is 1. The van der Waals surface area contributed by atoms with Crippen LogP contribution >= 0.6 is 0 Å². The van der Waals surface area contributed by atoms with Crippen molar-refractivity contribution in [3.8, 4) is 0 Å². The van der Waals surface area contributed by atoms with Crippen molar-refractivity contribution in [2.75, 3.05) is 13.2 Å². The summed E-state index contributed by atoms with van der Waals surface area (Å²) in [7, 11) is 0. The second-order valence-electron chi connectivity index (χ2n) is 3.31. The summed E-state index contributed by atoms with van der Waals surface area (Å²) in [6.45, 7) is 2.26. The van der Waals surface area contributed by atoms with E-state index in [1.807, 2.05) is 6.92 Å². The number of hydrogen-bond donors (Lipinski definition) is 1. The van der Waals surface area contributed by atoms with Crippen LogP contribution in [0.25, 0.3) is 6.08 Å². The minimum absolute atomic E-state index is 0.263. The van der Waals surface area contributed by atoms with Gasteiger partial charge in [0.2, 0.25) is 0 Å². The van der Waals surface area contributed by atoms with Crippen molar-refractivity contribution in [2.45, 2.75) is 13.3 Å². The summed E-state index contributed by atoms with van der Waals surface area (Å²) in [5.74, 6) is -0.322. The van der Waals surface area contributed by atoms with Gasteiger partial charge in [0.15, 0.2) is 6.61 Å². The first-order valence-corrected chi connectivity index (χ1v) is 5.37. The van der Waals surface area contributed by atoms with Gasteiger partial charge in [-0.1, -0.05) is 6.92 Å². The molecule has 0 saturated carbocycles. The third-order valence-electron chi connectivity index (χ3n) is 1.84. The van der Waals surface area contributed by atoms with Crippen molar-refractivity contribution in [3.05, 3.63) is 30.2 Å². The largest absolute Gasteiger partial charge is 0.465 e. The second kappa shape index (κ2) is 7.27. The van der Waals surface area contributed by atoms with Crippen molar-refractivity contribution >= 4 is 18.0 Å². The molecule has 0 atom stereocenters. The first-order chi connectivity index (χ1) is 8.22. The molecule has 17 heavy (non-hydrogen) atoms. The Bertz CT molecular complexity index is 381. The van der Waals surface area contributed by atoms with Gasteiger partial charge in [-0.15, -0.1) is 0 Å². The molecule has 0 fully saturated rings. The number of ether oxygens (including phenoxy) is 1. The highest BCUT2D eigenvalue weighted by molar-refractivity contribution is 5.88. The standard InChI is InChI=1S/C12H15NO4/c1-2-7-13-11(14)9-17-12(15)6-5-10-4-3-8-16-10/h3-6,8H,2,7,9H2,1H3,(H,13,14)/b6-5+. The van der Waals surface area contributed by atoms with Gasteiger partial charge >= 0.3 is 5.97 Å². The lowest BCUT2D eigenvalue weighted by molar-refractivity contribution is -0.143. The van der Waals surface area contributed by atoms with Gasteiger partial charge in [-0.3, -0.25) is 4.79 Å². The van der Waals surface area contributed by atoms with Crippen molar-refractivity contribution in [1.82, 2.24) is 5.32 Å². The van der Waals surface area contributed by atoms with E-state index < -0.39 is 5.97 Å². The van der Waals surface area contributed by atoms with E-state index >= 15 is 0 Å². The molecule has 0 aliphatic carbocycles. The molecule has 0 bridgehead atoms. The van der Waals surface area contributed by atoms with Gasteiger partial charge in [-0.05, 0) is 24.6 Å². The SMILES string of the molecule is CCCNC(=O)COC(=O)/C=C/c1ccco1. The summed E-state index contributed by atoms with van der Waals surface area (Å²) in [6, 6.07) is 3.42. The lowest BCUT2D eigenvalue weighted by Gasteiger charge is -2.02. The molecule has 0 aromatic carbocycles. The van der Waals surface area contributed by atoms with E-state index in [0.29, 0.717) is 12.3 Å². The lowest BCUT2D eigenvalue weighted by atomic mass is 10.4. The highest BCUT2D eigenvalue weighted by atomic mass is 16.5. The van der Waals surface area contributed by atoms with Crippen LogP contribution in [0.1, 0.15) is 19.1 Å². The molecule has 0 radical (unpaired) electrons. The first kappa shape index (κ1) is 13.0. The summed E-state index contributed by atoms with van der Waals surface area (Å²) in [5.41, 5.74) is 0. The van der Waals surface area contributed by atoms with Crippen LogP contribution in [0.3, 0.4) is 0 Å². The Hall–Kier alpha value is -2.04. The Balaban J connectivity index is 2.23. The number of rotatable bonds is 6. The molecule has 92 valence electrons. The molecule has 1 amide bonds. The Kier molecular flexibility index (Phi) is 5.57. The van der Waals surface area contributed by atoms with Crippen molar-refractivity contribution in [3.63, 3.8) is 0 Å². The summed E-state index contributed by atoms with van der Waals surface area (Å²) in [6.07, 6.45) is 5.04. The maximum absolute atomic E-state index is 11.2. The fourth-order valence-corrected chi connectivity index (χ4v) is 1.04. The minimum Gasteiger partial charge on any atom is -0.465 e. The Labute approximate surface area is 99.4 Å². The number of esters is 1. The predicted molar refractivity (Wildman–Crippen MR) is 62.0 cm³/mol. The average Bonchev–Trinajstić information content (AvgIpc) is 2.84. The van der Waals surface area contributed by atoms with Crippen LogP contribution < -0.4 is 5.32 Å². The van der Waals surface area contributed by atoms with Gasteiger partial charge in [0.25, 0.3) is 5.91 Å². The topological polar surface area (TPSA) is 68.5 Å². The van der Waals surface area contributed by atoms with Crippen molar-refractivity contribution < 1.29 is 18.7 Å². The molecule has 1 aromatic rings. The molecule has 1 aromatic heterocycles. The second-order valence-corrected chi connectivity index (χ2v) is 3.31. The van der Waals surface area contributed by atoms with Gasteiger partial charge in [0, 0.05) is 12.6 Å². The third-order valence-corrected chi connectivity index (χ3v) is 1.84. The maximum Gasteiger partial charge on any atom is 0.331 e. The molecule has 1 rings (SSSR count). The highest BCUT2D eigenvalue weighted by Crippen LogP contribution is 2.02. The zero-order chi connectivity index (χ0) is 12.5. The molecule has 0 aliphatic heterocycles. The van der Waals surface area contributed by atoms with Crippen LogP contribution in [-0.4, -0.2) is 25.0 Å². The average molecular weight is 237 g/mol. The van der Waals surface area contributed by atoms with Crippen LogP contribution in [0.15, 0.2) is 28.9 Å². The van der Waals surface area contributed by atoms with Crippen LogP contribution in [0.4, 0.5) is 0 Å². The van der Waals surface area contributed by atoms with Crippen LogP contribution in [0, 0.1) is 0 Å². The Morgan fingerprint density at radius 2 is 2.35 bits per heavy atom. The van der Waals surface area contributed by atoms with Gasteiger partial charge < -0.3 is 14.5 Å². The molecule has 0 saturated heterocycles. The van der Waals surface area contributed by atoms with Crippen LogP contribution in [0.2, 0.25) is 0 Å². The predicted octanol–water partition coefficient (Wildman–Crippen LogP) is 1.36. The molecule has 0 spiro atoms. The zero-order valence-electron chi connectivity index (χ0n) is 9.64.